The van der Waals surface area contributed by atoms with Crippen molar-refractivity contribution in [3.63, 3.8) is 0 Å². The van der Waals surface area contributed by atoms with E-state index in [0.29, 0.717) is 13.0 Å². The number of carbonyl (C=O) groups is 1. The van der Waals surface area contributed by atoms with Gasteiger partial charge in [-0.25, -0.2) is 14.2 Å². The number of nitrogens with two attached hydrogens (primary N) is 1. The first-order chi connectivity index (χ1) is 11.5. The van der Waals surface area contributed by atoms with Gasteiger partial charge in [-0.05, 0) is 49.4 Å². The molecule has 10 heteroatoms. The lowest BCUT2D eigenvalue weighted by molar-refractivity contribution is 0.199. The van der Waals surface area contributed by atoms with Crippen LogP contribution < -0.4 is 15.8 Å². The van der Waals surface area contributed by atoms with Crippen molar-refractivity contribution in [2.75, 3.05) is 12.3 Å². The highest BCUT2D eigenvalue weighted by Gasteiger charge is 2.59. The van der Waals surface area contributed by atoms with E-state index in [4.69, 9.17) is 10.8 Å². The van der Waals surface area contributed by atoms with E-state index in [2.05, 4.69) is 20.0 Å². The van der Waals surface area contributed by atoms with Gasteiger partial charge in [0.05, 0.1) is 10.00 Å². The van der Waals surface area contributed by atoms with Crippen LogP contribution in [0.3, 0.4) is 0 Å². The molecule has 0 aliphatic carbocycles. The SMILES string of the molecule is CC1(C)C(NC(=O)O)=N[C@](C)(c2nc(N)ccc2F)[C@@H]2CCN[SH]21=O. The molecule has 2 aliphatic heterocycles. The first-order valence-electron chi connectivity index (χ1n) is 7.90. The minimum absolute atomic E-state index is 0.0263. The Morgan fingerprint density at radius 2 is 2.16 bits per heavy atom. The van der Waals surface area contributed by atoms with E-state index in [-0.39, 0.29) is 17.3 Å². The van der Waals surface area contributed by atoms with Crippen LogP contribution in [0.4, 0.5) is 15.0 Å². The fourth-order valence-electron chi connectivity index (χ4n) is 3.79. The Hall–Kier alpha value is -2.07. The molecular weight excluding hydrogens is 349 g/mol. The second kappa shape index (κ2) is 5.46. The highest BCUT2D eigenvalue weighted by Crippen LogP contribution is 2.48. The molecule has 0 spiro atoms. The number of amides is 1. The fraction of sp³-hybridized carbons (Fsp3) is 0.533. The second-order valence-corrected chi connectivity index (χ2v) is 10.4. The van der Waals surface area contributed by atoms with Crippen LogP contribution in [0.1, 0.15) is 32.9 Å². The molecule has 3 heterocycles. The molecule has 5 N–H and O–H groups in total. The molecule has 1 saturated heterocycles. The number of nitrogens with one attached hydrogen (secondary N) is 2. The fourth-order valence-corrected chi connectivity index (χ4v) is 7.45. The molecule has 1 aromatic heterocycles. The minimum Gasteiger partial charge on any atom is -0.465 e. The number of halogens is 1. The smallest absolute Gasteiger partial charge is 0.410 e. The first-order valence-corrected chi connectivity index (χ1v) is 9.67. The molecule has 0 saturated carbocycles. The van der Waals surface area contributed by atoms with E-state index in [0.717, 1.165) is 0 Å². The molecule has 2 aliphatic rings. The van der Waals surface area contributed by atoms with Gasteiger partial charge < -0.3 is 10.8 Å². The summed E-state index contributed by atoms with van der Waals surface area (Å²) in [4.78, 5) is 19.8. The summed E-state index contributed by atoms with van der Waals surface area (Å²) in [7, 11) is -3.17. The molecular formula is C15H22FN5O3S. The Kier molecular flexibility index (Phi) is 3.88. The van der Waals surface area contributed by atoms with Gasteiger partial charge in [0.1, 0.15) is 28.7 Å². The zero-order valence-corrected chi connectivity index (χ0v) is 15.1. The number of hydrogen-bond donors (Lipinski definition) is 5. The number of amidine groups is 1. The Balaban J connectivity index is 2.29. The summed E-state index contributed by atoms with van der Waals surface area (Å²) in [6, 6.07) is 2.53. The Morgan fingerprint density at radius 3 is 2.80 bits per heavy atom. The Bertz CT molecular complexity index is 827. The van der Waals surface area contributed by atoms with E-state index < -0.39 is 37.6 Å². The van der Waals surface area contributed by atoms with Crippen LogP contribution in [0.15, 0.2) is 17.1 Å². The average Bonchev–Trinajstić information content (AvgIpc) is 2.92. The van der Waals surface area contributed by atoms with Crippen LogP contribution in [0.5, 0.6) is 0 Å². The number of anilines is 1. The molecule has 1 aromatic rings. The maximum absolute atomic E-state index is 14.5. The lowest BCUT2D eigenvalue weighted by atomic mass is 9.89. The summed E-state index contributed by atoms with van der Waals surface area (Å²) in [5.41, 5.74) is 4.39. The van der Waals surface area contributed by atoms with Crippen LogP contribution in [-0.4, -0.2) is 42.8 Å². The van der Waals surface area contributed by atoms with Crippen molar-refractivity contribution in [1.29, 1.82) is 0 Å². The van der Waals surface area contributed by atoms with Crippen LogP contribution in [0, 0.1) is 5.82 Å². The van der Waals surface area contributed by atoms with Crippen molar-refractivity contribution in [2.45, 2.75) is 42.7 Å². The number of aromatic nitrogens is 1. The number of fused-ring (bicyclic) bond motifs is 1. The molecule has 0 radical (unpaired) electrons. The van der Waals surface area contributed by atoms with Crippen LogP contribution in [0.25, 0.3) is 0 Å². The van der Waals surface area contributed by atoms with Gasteiger partial charge in [0.2, 0.25) is 0 Å². The third-order valence-electron chi connectivity index (χ3n) is 5.18. The molecule has 0 aromatic carbocycles. The van der Waals surface area contributed by atoms with Crippen molar-refractivity contribution in [3.8, 4) is 0 Å². The maximum Gasteiger partial charge on any atom is 0.410 e. The second-order valence-electron chi connectivity index (χ2n) is 7.03. The van der Waals surface area contributed by atoms with Gasteiger partial charge >= 0.3 is 6.09 Å². The van der Waals surface area contributed by atoms with Crippen molar-refractivity contribution in [2.24, 2.45) is 4.99 Å². The van der Waals surface area contributed by atoms with E-state index in [9.17, 15) is 13.4 Å². The van der Waals surface area contributed by atoms with Gasteiger partial charge in [-0.1, -0.05) is 0 Å². The van der Waals surface area contributed by atoms with E-state index >= 15 is 0 Å². The third-order valence-corrected chi connectivity index (χ3v) is 9.38. The zero-order valence-electron chi connectivity index (χ0n) is 14.2. The molecule has 138 valence electrons. The van der Waals surface area contributed by atoms with Crippen molar-refractivity contribution < 1.29 is 18.5 Å². The number of carboxylic acid groups (broad SMARTS) is 1. The third kappa shape index (κ3) is 2.43. The highest BCUT2D eigenvalue weighted by molar-refractivity contribution is 8.04. The standard InChI is InChI=1S/C15H22FN5O3S/c1-14(2)12(20-13(22)23)21-15(3,9-6-7-18-25(9,14)24)11-8(16)4-5-10(17)19-11/h4-5,9,25H,6-7H2,1-3H3,(H2,17,19)(H,18,24)(H,20,21)(H,22,23)/t9-,15-/m0/s1. The maximum atomic E-state index is 14.5. The number of nitrogens with zero attached hydrogens (tertiary/aromatic N) is 2. The minimum atomic E-state index is -3.17. The number of aliphatic imine (C=N–C) groups is 1. The van der Waals surface area contributed by atoms with Gasteiger partial charge in [0, 0.05) is 6.54 Å². The van der Waals surface area contributed by atoms with Gasteiger partial charge in [0.15, 0.2) is 0 Å². The summed E-state index contributed by atoms with van der Waals surface area (Å²) in [5.74, 6) is -0.473. The monoisotopic (exact) mass is 371 g/mol. The van der Waals surface area contributed by atoms with Crippen molar-refractivity contribution in [1.82, 2.24) is 15.0 Å². The quantitative estimate of drug-likeness (QED) is 0.466. The molecule has 0 bridgehead atoms. The number of nitrogen functional groups attached to an aromatic ring is 1. The topological polar surface area (TPSA) is 130 Å². The number of thiol groups is 1. The van der Waals surface area contributed by atoms with E-state index in [1.165, 1.54) is 12.1 Å². The summed E-state index contributed by atoms with van der Waals surface area (Å²) in [6.45, 7) is 5.45. The predicted octanol–water partition coefficient (Wildman–Crippen LogP) is 0.770. The van der Waals surface area contributed by atoms with E-state index in [1.54, 1.807) is 20.8 Å². The number of rotatable bonds is 1. The summed E-state index contributed by atoms with van der Waals surface area (Å²) in [5, 5.41) is 10.9. The number of hydrogen-bond acceptors (Lipinski definition) is 5. The Labute approximate surface area is 145 Å². The molecule has 1 fully saturated rings. The normalized spacial score (nSPS) is 30.9. The first kappa shape index (κ1) is 17.7. The molecule has 8 nitrogen and oxygen atoms in total. The van der Waals surface area contributed by atoms with Crippen LogP contribution in [-0.2, 0) is 15.7 Å². The van der Waals surface area contributed by atoms with Gasteiger partial charge in [0.25, 0.3) is 0 Å². The average molecular weight is 371 g/mol. The molecule has 25 heavy (non-hydrogen) atoms. The molecule has 1 amide bonds. The number of pyridine rings is 1. The summed E-state index contributed by atoms with van der Waals surface area (Å²) < 4.78 is 30.4. The van der Waals surface area contributed by atoms with Crippen LogP contribution >= 0.6 is 0 Å². The molecule has 3 rings (SSSR count). The van der Waals surface area contributed by atoms with Crippen molar-refractivity contribution >= 4 is 27.9 Å². The lowest BCUT2D eigenvalue weighted by Crippen LogP contribution is -2.66. The van der Waals surface area contributed by atoms with E-state index in [1.807, 2.05) is 0 Å². The van der Waals surface area contributed by atoms with Crippen LogP contribution in [0.2, 0.25) is 0 Å². The molecule has 0 unspecified atom stereocenters. The van der Waals surface area contributed by atoms with Gasteiger partial charge in [-0.3, -0.25) is 19.2 Å². The van der Waals surface area contributed by atoms with Gasteiger partial charge in [-0.15, -0.1) is 0 Å². The highest BCUT2D eigenvalue weighted by atomic mass is 32.3. The van der Waals surface area contributed by atoms with Gasteiger partial charge in [-0.2, -0.15) is 0 Å². The molecule has 2 atom stereocenters. The predicted molar refractivity (Wildman–Crippen MR) is 94.6 cm³/mol. The Morgan fingerprint density at radius 1 is 1.48 bits per heavy atom. The summed E-state index contributed by atoms with van der Waals surface area (Å²) in [6.07, 6.45) is -0.809. The largest absolute Gasteiger partial charge is 0.465 e. The zero-order chi connectivity index (χ0) is 18.6. The lowest BCUT2D eigenvalue weighted by Gasteiger charge is -2.50. The summed E-state index contributed by atoms with van der Waals surface area (Å²) >= 11 is 0. The van der Waals surface area contributed by atoms with Crippen molar-refractivity contribution in [3.05, 3.63) is 23.6 Å².